The molecule has 116 valence electrons. The number of hydrogen-bond donors (Lipinski definition) is 1. The Morgan fingerprint density at radius 3 is 2.77 bits per heavy atom. The molecule has 0 bridgehead atoms. The van der Waals surface area contributed by atoms with E-state index >= 15 is 0 Å². The first-order valence-electron chi connectivity index (χ1n) is 7.86. The molecule has 1 N–H and O–H groups in total. The van der Waals surface area contributed by atoms with Crippen LogP contribution in [0.3, 0.4) is 0 Å². The fourth-order valence-corrected chi connectivity index (χ4v) is 3.88. The zero-order chi connectivity index (χ0) is 15.4. The molecular weight excluding hydrogens is 292 g/mol. The Labute approximate surface area is 136 Å². The summed E-state index contributed by atoms with van der Waals surface area (Å²) < 4.78 is 0. The minimum Gasteiger partial charge on any atom is -0.350 e. The Hall–Kier alpha value is -1.65. The van der Waals surface area contributed by atoms with Crippen molar-refractivity contribution < 1.29 is 4.79 Å². The third-order valence-electron chi connectivity index (χ3n) is 4.19. The predicted molar refractivity (Wildman–Crippen MR) is 91.4 cm³/mol. The third-order valence-corrected chi connectivity index (χ3v) is 5.16. The van der Waals surface area contributed by atoms with Crippen LogP contribution in [0.1, 0.15) is 39.7 Å². The van der Waals surface area contributed by atoms with Crippen LogP contribution in [-0.2, 0) is 0 Å². The summed E-state index contributed by atoms with van der Waals surface area (Å²) in [5.41, 5.74) is 1.85. The van der Waals surface area contributed by atoms with E-state index in [1.54, 1.807) is 11.3 Å². The van der Waals surface area contributed by atoms with Gasteiger partial charge in [-0.25, -0.2) is 0 Å². The average molecular weight is 314 g/mol. The van der Waals surface area contributed by atoms with E-state index in [4.69, 9.17) is 0 Å². The molecule has 1 atom stereocenters. The van der Waals surface area contributed by atoms with Crippen LogP contribution < -0.4 is 5.32 Å². The van der Waals surface area contributed by atoms with Crippen molar-refractivity contribution in [1.29, 1.82) is 0 Å². The van der Waals surface area contributed by atoms with Gasteiger partial charge in [-0.2, -0.15) is 0 Å². The topological polar surface area (TPSA) is 32.3 Å². The number of amides is 1. The largest absolute Gasteiger partial charge is 0.350 e. The first kappa shape index (κ1) is 15.3. The van der Waals surface area contributed by atoms with Gasteiger partial charge in [0, 0.05) is 17.0 Å². The van der Waals surface area contributed by atoms with Crippen LogP contribution in [0.25, 0.3) is 0 Å². The van der Waals surface area contributed by atoms with E-state index in [9.17, 15) is 4.79 Å². The number of aryl methyl sites for hydroxylation is 1. The molecule has 1 saturated heterocycles. The second-order valence-electron chi connectivity index (χ2n) is 5.85. The van der Waals surface area contributed by atoms with Crippen molar-refractivity contribution in [2.75, 3.05) is 19.6 Å². The van der Waals surface area contributed by atoms with Crippen molar-refractivity contribution in [2.24, 2.45) is 0 Å². The van der Waals surface area contributed by atoms with Crippen molar-refractivity contribution >= 4 is 17.2 Å². The maximum atomic E-state index is 12.4. The predicted octanol–water partition coefficient (Wildman–Crippen LogP) is 3.62. The molecule has 4 heteroatoms. The monoisotopic (exact) mass is 314 g/mol. The number of hydrogen-bond acceptors (Lipinski definition) is 3. The van der Waals surface area contributed by atoms with Gasteiger partial charge in [-0.3, -0.25) is 9.69 Å². The lowest BCUT2D eigenvalue weighted by Crippen LogP contribution is -2.36. The van der Waals surface area contributed by atoms with Crippen LogP contribution in [0.4, 0.5) is 0 Å². The molecule has 3 nitrogen and oxygen atoms in total. The lowest BCUT2D eigenvalue weighted by atomic mass is 10.1. The number of rotatable bonds is 5. The molecular formula is C18H22N2OS. The lowest BCUT2D eigenvalue weighted by Gasteiger charge is -2.27. The summed E-state index contributed by atoms with van der Waals surface area (Å²) in [4.78, 5) is 16.2. The van der Waals surface area contributed by atoms with E-state index in [2.05, 4.69) is 27.7 Å². The minimum atomic E-state index is 0.0180. The number of thiophene rings is 1. The molecule has 1 aromatic carbocycles. The van der Waals surface area contributed by atoms with E-state index in [1.165, 1.54) is 17.7 Å². The maximum Gasteiger partial charge on any atom is 0.251 e. The number of carbonyl (C=O) groups is 1. The summed E-state index contributed by atoms with van der Waals surface area (Å²) in [6.45, 7) is 4.94. The van der Waals surface area contributed by atoms with E-state index < -0.39 is 0 Å². The Morgan fingerprint density at radius 2 is 2.09 bits per heavy atom. The highest BCUT2D eigenvalue weighted by Gasteiger charge is 2.24. The van der Waals surface area contributed by atoms with E-state index in [0.717, 1.165) is 24.2 Å². The Morgan fingerprint density at radius 1 is 1.27 bits per heavy atom. The molecule has 0 aliphatic carbocycles. The molecule has 1 aromatic heterocycles. The van der Waals surface area contributed by atoms with Gasteiger partial charge < -0.3 is 5.32 Å². The molecule has 22 heavy (non-hydrogen) atoms. The summed E-state index contributed by atoms with van der Waals surface area (Å²) >= 11 is 1.77. The van der Waals surface area contributed by atoms with Gasteiger partial charge in [0.1, 0.15) is 0 Å². The molecule has 1 aliphatic heterocycles. The van der Waals surface area contributed by atoms with Gasteiger partial charge in [0.15, 0.2) is 0 Å². The second kappa shape index (κ2) is 7.07. The Bertz CT molecular complexity index is 618. The molecule has 0 radical (unpaired) electrons. The van der Waals surface area contributed by atoms with Crippen LogP contribution in [0.15, 0.2) is 41.8 Å². The van der Waals surface area contributed by atoms with Crippen molar-refractivity contribution in [3.05, 3.63) is 57.8 Å². The highest BCUT2D eigenvalue weighted by atomic mass is 32.1. The normalized spacial score (nSPS) is 16.6. The van der Waals surface area contributed by atoms with Gasteiger partial charge in [0.25, 0.3) is 5.91 Å². The maximum absolute atomic E-state index is 12.4. The highest BCUT2D eigenvalue weighted by molar-refractivity contribution is 7.10. The summed E-state index contributed by atoms with van der Waals surface area (Å²) in [6.07, 6.45) is 2.52. The van der Waals surface area contributed by atoms with Crippen LogP contribution in [-0.4, -0.2) is 30.4 Å². The van der Waals surface area contributed by atoms with Crippen molar-refractivity contribution in [1.82, 2.24) is 10.2 Å². The van der Waals surface area contributed by atoms with Gasteiger partial charge in [0.05, 0.1) is 6.04 Å². The lowest BCUT2D eigenvalue weighted by molar-refractivity contribution is 0.0938. The fraction of sp³-hybridized carbons (Fsp3) is 0.389. The molecule has 1 amide bonds. The van der Waals surface area contributed by atoms with Gasteiger partial charge in [-0.1, -0.05) is 23.8 Å². The van der Waals surface area contributed by atoms with Crippen LogP contribution in [0.2, 0.25) is 0 Å². The highest BCUT2D eigenvalue weighted by Crippen LogP contribution is 2.27. The smallest absolute Gasteiger partial charge is 0.251 e. The van der Waals surface area contributed by atoms with Crippen molar-refractivity contribution in [3.8, 4) is 0 Å². The molecule has 3 rings (SSSR count). The van der Waals surface area contributed by atoms with E-state index in [0.29, 0.717) is 12.6 Å². The quantitative estimate of drug-likeness (QED) is 0.914. The third kappa shape index (κ3) is 3.57. The molecule has 1 aliphatic rings. The number of benzene rings is 1. The van der Waals surface area contributed by atoms with Crippen LogP contribution in [0.5, 0.6) is 0 Å². The number of carbonyl (C=O) groups excluding carboxylic acids is 1. The molecule has 0 spiro atoms. The summed E-state index contributed by atoms with van der Waals surface area (Å²) in [5.74, 6) is 0.0180. The van der Waals surface area contributed by atoms with Gasteiger partial charge in [0.2, 0.25) is 0 Å². The molecule has 0 unspecified atom stereocenters. The van der Waals surface area contributed by atoms with Gasteiger partial charge in [-0.05, 0) is 56.4 Å². The first-order valence-corrected chi connectivity index (χ1v) is 8.74. The average Bonchev–Trinajstić information content (AvgIpc) is 3.21. The molecule has 0 saturated carbocycles. The summed E-state index contributed by atoms with van der Waals surface area (Å²) in [6, 6.07) is 12.3. The summed E-state index contributed by atoms with van der Waals surface area (Å²) in [5, 5.41) is 5.23. The number of nitrogens with zero attached hydrogens (tertiary/aromatic N) is 1. The zero-order valence-electron chi connectivity index (χ0n) is 12.9. The van der Waals surface area contributed by atoms with E-state index in [-0.39, 0.29) is 5.91 Å². The van der Waals surface area contributed by atoms with Crippen LogP contribution >= 0.6 is 11.3 Å². The van der Waals surface area contributed by atoms with Gasteiger partial charge >= 0.3 is 0 Å². The Balaban J connectivity index is 1.67. The fourth-order valence-electron chi connectivity index (χ4n) is 3.02. The second-order valence-corrected chi connectivity index (χ2v) is 6.83. The standard InChI is InChI=1S/C18H22N2OS/c1-14-6-4-7-15(12-14)18(21)19-13-16(17-8-5-11-22-17)20-9-2-3-10-20/h4-8,11-12,16H,2-3,9-10,13H2,1H3,(H,19,21)/t16-/m1/s1. The molecule has 2 aromatic rings. The van der Waals surface area contributed by atoms with Crippen LogP contribution in [0, 0.1) is 6.92 Å². The minimum absolute atomic E-state index is 0.0180. The molecule has 1 fully saturated rings. The SMILES string of the molecule is Cc1cccc(C(=O)NC[C@H](c2cccs2)N2CCCC2)c1. The number of likely N-dealkylation sites (tertiary alicyclic amines) is 1. The molecule has 2 heterocycles. The van der Waals surface area contributed by atoms with E-state index in [1.807, 2.05) is 31.2 Å². The van der Waals surface area contributed by atoms with Crippen molar-refractivity contribution in [3.63, 3.8) is 0 Å². The number of nitrogens with one attached hydrogen (secondary N) is 1. The summed E-state index contributed by atoms with van der Waals surface area (Å²) in [7, 11) is 0. The van der Waals surface area contributed by atoms with Crippen molar-refractivity contribution in [2.45, 2.75) is 25.8 Å². The zero-order valence-corrected chi connectivity index (χ0v) is 13.7. The first-order chi connectivity index (χ1) is 10.7. The van der Waals surface area contributed by atoms with Gasteiger partial charge in [-0.15, -0.1) is 11.3 Å². The Kier molecular flexibility index (Phi) is 4.90.